The highest BCUT2D eigenvalue weighted by Crippen LogP contribution is 2.44. The number of rotatable bonds is 8. The zero-order valence-corrected chi connectivity index (χ0v) is 21.3. The molecule has 4 rings (SSSR count). The fourth-order valence-electron chi connectivity index (χ4n) is 3.99. The second kappa shape index (κ2) is 10.9. The van der Waals surface area contributed by atoms with Crippen LogP contribution in [0.5, 0.6) is 5.75 Å². The summed E-state index contributed by atoms with van der Waals surface area (Å²) in [4.78, 5) is 44.1. The Morgan fingerprint density at radius 3 is 2.51 bits per heavy atom. The van der Waals surface area contributed by atoms with Gasteiger partial charge in [0, 0.05) is 11.1 Å². The van der Waals surface area contributed by atoms with Crippen molar-refractivity contribution in [2.24, 2.45) is 0 Å². The molecule has 3 aromatic rings. The summed E-state index contributed by atoms with van der Waals surface area (Å²) in [5.41, 5.74) is 0.255. The molecule has 1 aliphatic rings. The smallest absolute Gasteiger partial charge is 0.350 e. The van der Waals surface area contributed by atoms with Gasteiger partial charge in [-0.3, -0.25) is 14.5 Å². The number of benzene rings is 2. The van der Waals surface area contributed by atoms with Gasteiger partial charge in [-0.15, -0.1) is 0 Å². The maximum Gasteiger partial charge on any atom is 0.350 e. The molecule has 1 saturated heterocycles. The SMILES string of the molecule is CCCCOc1ccc(C(O)=C2C(=O)C(=O)N(c3nc(C)c(C(=O)OC)s3)[C@H]2c2ccccc2F)cc1. The highest BCUT2D eigenvalue weighted by molar-refractivity contribution is 7.17. The second-order valence-corrected chi connectivity index (χ2v) is 9.30. The van der Waals surface area contributed by atoms with Crippen molar-refractivity contribution in [2.45, 2.75) is 32.7 Å². The lowest BCUT2D eigenvalue weighted by molar-refractivity contribution is -0.132. The average molecular weight is 525 g/mol. The number of aliphatic hydroxyl groups excluding tert-OH is 1. The number of Topliss-reactive ketones (excluding diaryl/α,β-unsaturated/α-hetero) is 1. The van der Waals surface area contributed by atoms with Gasteiger partial charge >= 0.3 is 11.9 Å². The van der Waals surface area contributed by atoms with Gasteiger partial charge in [0.2, 0.25) is 0 Å². The van der Waals surface area contributed by atoms with Crippen LogP contribution in [0.2, 0.25) is 0 Å². The van der Waals surface area contributed by atoms with Gasteiger partial charge in [-0.05, 0) is 43.7 Å². The number of amides is 1. The predicted molar refractivity (Wildman–Crippen MR) is 136 cm³/mol. The number of esters is 1. The fourth-order valence-corrected chi connectivity index (χ4v) is 5.00. The van der Waals surface area contributed by atoms with Crippen molar-refractivity contribution in [2.75, 3.05) is 18.6 Å². The molecule has 1 aliphatic heterocycles. The molecule has 1 atom stereocenters. The molecule has 37 heavy (non-hydrogen) atoms. The highest BCUT2D eigenvalue weighted by atomic mass is 32.1. The van der Waals surface area contributed by atoms with Gasteiger partial charge in [-0.1, -0.05) is 42.9 Å². The number of halogens is 1. The van der Waals surface area contributed by atoms with E-state index < -0.39 is 35.3 Å². The van der Waals surface area contributed by atoms with Crippen LogP contribution in [0.25, 0.3) is 5.76 Å². The van der Waals surface area contributed by atoms with E-state index in [4.69, 9.17) is 9.47 Å². The number of thiazole rings is 1. The van der Waals surface area contributed by atoms with Crippen LogP contribution in [0.4, 0.5) is 9.52 Å². The van der Waals surface area contributed by atoms with Crippen molar-refractivity contribution in [3.63, 3.8) is 0 Å². The molecule has 1 aromatic heterocycles. The molecular formula is C27H25FN2O6S. The number of hydrogen-bond acceptors (Lipinski definition) is 8. The number of aromatic nitrogens is 1. The summed E-state index contributed by atoms with van der Waals surface area (Å²) in [6.45, 7) is 4.15. The van der Waals surface area contributed by atoms with Crippen LogP contribution >= 0.6 is 11.3 Å². The number of unbranched alkanes of at least 4 members (excludes halogenated alkanes) is 1. The summed E-state index contributed by atoms with van der Waals surface area (Å²) >= 11 is 0.844. The van der Waals surface area contributed by atoms with Gasteiger partial charge in [-0.25, -0.2) is 14.2 Å². The van der Waals surface area contributed by atoms with E-state index in [9.17, 15) is 19.5 Å². The quantitative estimate of drug-likeness (QED) is 0.142. The summed E-state index contributed by atoms with van der Waals surface area (Å²) < 4.78 is 25.4. The van der Waals surface area contributed by atoms with E-state index in [1.807, 2.05) is 0 Å². The Balaban J connectivity index is 1.83. The fraction of sp³-hybridized carbons (Fsp3) is 0.259. The number of ether oxygens (including phenoxy) is 2. The molecule has 8 nitrogen and oxygen atoms in total. The van der Waals surface area contributed by atoms with Gasteiger partial charge in [0.05, 0.1) is 25.0 Å². The monoisotopic (exact) mass is 524 g/mol. The van der Waals surface area contributed by atoms with Crippen LogP contribution in [-0.2, 0) is 14.3 Å². The van der Waals surface area contributed by atoms with E-state index in [0.29, 0.717) is 18.1 Å². The zero-order valence-electron chi connectivity index (χ0n) is 20.5. The first-order chi connectivity index (χ1) is 17.8. The highest BCUT2D eigenvalue weighted by Gasteiger charge is 2.49. The number of anilines is 1. The molecule has 0 unspecified atom stereocenters. The summed E-state index contributed by atoms with van der Waals surface area (Å²) in [5.74, 6) is -3.20. The van der Waals surface area contributed by atoms with Crippen molar-refractivity contribution < 1.29 is 33.4 Å². The number of carbonyl (C=O) groups excluding carboxylic acids is 3. The lowest BCUT2D eigenvalue weighted by atomic mass is 9.95. The lowest BCUT2D eigenvalue weighted by Gasteiger charge is -2.23. The van der Waals surface area contributed by atoms with E-state index >= 15 is 4.39 Å². The van der Waals surface area contributed by atoms with Crippen LogP contribution < -0.4 is 9.64 Å². The van der Waals surface area contributed by atoms with E-state index in [1.54, 1.807) is 37.3 Å². The van der Waals surface area contributed by atoms with Gasteiger partial charge in [0.25, 0.3) is 5.78 Å². The number of hydrogen-bond donors (Lipinski definition) is 1. The number of aliphatic hydroxyl groups is 1. The predicted octanol–water partition coefficient (Wildman–Crippen LogP) is 5.18. The molecule has 192 valence electrons. The van der Waals surface area contributed by atoms with Crippen LogP contribution in [-0.4, -0.2) is 41.5 Å². The van der Waals surface area contributed by atoms with E-state index in [2.05, 4.69) is 11.9 Å². The number of aryl methyl sites for hydroxylation is 1. The minimum absolute atomic E-state index is 0.00441. The Morgan fingerprint density at radius 2 is 1.86 bits per heavy atom. The zero-order chi connectivity index (χ0) is 26.7. The number of methoxy groups -OCH3 is 1. The molecule has 0 bridgehead atoms. The summed E-state index contributed by atoms with van der Waals surface area (Å²) in [6.07, 6.45) is 1.87. The molecular weight excluding hydrogens is 499 g/mol. The van der Waals surface area contributed by atoms with Crippen LogP contribution in [0.1, 0.15) is 52.3 Å². The van der Waals surface area contributed by atoms with Crippen molar-refractivity contribution >= 4 is 39.9 Å². The lowest BCUT2D eigenvalue weighted by Crippen LogP contribution is -2.29. The molecule has 10 heteroatoms. The average Bonchev–Trinajstić information content (AvgIpc) is 3.40. The van der Waals surface area contributed by atoms with Crippen LogP contribution in [0.3, 0.4) is 0 Å². The van der Waals surface area contributed by atoms with Gasteiger partial charge < -0.3 is 14.6 Å². The molecule has 0 aliphatic carbocycles. The first-order valence-corrected chi connectivity index (χ1v) is 12.4. The van der Waals surface area contributed by atoms with E-state index in [1.165, 1.54) is 25.3 Å². The Labute approximate surface area is 217 Å². The Hall–Kier alpha value is -4.05. The third kappa shape index (κ3) is 4.97. The molecule has 1 fully saturated rings. The second-order valence-electron chi connectivity index (χ2n) is 8.32. The van der Waals surface area contributed by atoms with Crippen molar-refractivity contribution in [3.8, 4) is 5.75 Å². The minimum Gasteiger partial charge on any atom is -0.507 e. The molecule has 0 radical (unpaired) electrons. The number of carbonyl (C=O) groups is 3. The van der Waals surface area contributed by atoms with Gasteiger partial charge in [0.1, 0.15) is 28.2 Å². The number of ketones is 1. The largest absolute Gasteiger partial charge is 0.507 e. The van der Waals surface area contributed by atoms with Crippen LogP contribution in [0.15, 0.2) is 54.1 Å². The van der Waals surface area contributed by atoms with E-state index in [-0.39, 0.29) is 26.7 Å². The summed E-state index contributed by atoms with van der Waals surface area (Å²) in [6, 6.07) is 10.8. The van der Waals surface area contributed by atoms with Gasteiger partial charge in [0.15, 0.2) is 5.13 Å². The summed E-state index contributed by atoms with van der Waals surface area (Å²) in [7, 11) is 1.22. The van der Waals surface area contributed by atoms with Gasteiger partial charge in [-0.2, -0.15) is 0 Å². The third-order valence-corrected chi connectivity index (χ3v) is 7.04. The van der Waals surface area contributed by atoms with Crippen molar-refractivity contribution in [1.29, 1.82) is 0 Å². The first kappa shape index (κ1) is 26.0. The molecule has 2 aromatic carbocycles. The Kier molecular flexibility index (Phi) is 7.68. The minimum atomic E-state index is -1.31. The Bertz CT molecular complexity index is 1380. The first-order valence-electron chi connectivity index (χ1n) is 11.6. The molecule has 0 spiro atoms. The maximum atomic E-state index is 15.0. The molecule has 1 N–H and O–H groups in total. The van der Waals surface area contributed by atoms with Crippen molar-refractivity contribution in [1.82, 2.24) is 4.98 Å². The molecule has 0 saturated carbocycles. The Morgan fingerprint density at radius 1 is 1.16 bits per heavy atom. The molecule has 2 heterocycles. The van der Waals surface area contributed by atoms with E-state index in [0.717, 1.165) is 29.1 Å². The third-order valence-electron chi connectivity index (χ3n) is 5.90. The normalized spacial score (nSPS) is 16.8. The maximum absolute atomic E-state index is 15.0. The standard InChI is InChI=1S/C27H25FN2O6S/c1-4-5-14-36-17-12-10-16(11-13-17)22(31)20-21(18-8-6-7-9-19(18)28)30(25(33)23(20)32)27-29-15(2)24(37-27)26(34)35-3/h6-13,21,31H,4-5,14H2,1-3H3/t21-/m0/s1. The topological polar surface area (TPSA) is 106 Å². The van der Waals surface area contributed by atoms with Crippen molar-refractivity contribution in [3.05, 3.63) is 81.6 Å². The number of nitrogens with zero attached hydrogens (tertiary/aromatic N) is 2. The summed E-state index contributed by atoms with van der Waals surface area (Å²) in [5, 5.41) is 11.2. The molecule has 1 amide bonds. The van der Waals surface area contributed by atoms with Crippen LogP contribution in [0, 0.1) is 12.7 Å².